The first-order valence-corrected chi connectivity index (χ1v) is 7.99. The Bertz CT molecular complexity index is 507. The third-order valence-electron chi connectivity index (χ3n) is 4.05. The number of rotatable bonds is 7. The largest absolute Gasteiger partial charge is 0.489 e. The van der Waals surface area contributed by atoms with E-state index in [4.69, 9.17) is 4.74 Å². The van der Waals surface area contributed by atoms with Gasteiger partial charge in [0.2, 0.25) is 0 Å². The number of hydrogen-bond acceptors (Lipinski definition) is 3. The molecule has 0 bridgehead atoms. The highest BCUT2D eigenvalue weighted by Gasteiger charge is 2.36. The van der Waals surface area contributed by atoms with Gasteiger partial charge in [0, 0.05) is 12.8 Å². The second-order valence-corrected chi connectivity index (χ2v) is 5.74. The highest BCUT2D eigenvalue weighted by atomic mass is 16.5. The summed E-state index contributed by atoms with van der Waals surface area (Å²) in [5.41, 5.74) is 0.665. The first-order valence-electron chi connectivity index (χ1n) is 7.99. The maximum absolute atomic E-state index is 12.7. The Balaban J connectivity index is 2.13. The van der Waals surface area contributed by atoms with Crippen LogP contribution in [0.15, 0.2) is 24.3 Å². The molecule has 0 saturated heterocycles. The van der Waals surface area contributed by atoms with E-state index in [9.17, 15) is 9.59 Å². The van der Waals surface area contributed by atoms with E-state index in [0.29, 0.717) is 30.6 Å². The third-order valence-corrected chi connectivity index (χ3v) is 4.05. The van der Waals surface area contributed by atoms with Crippen LogP contribution in [0.1, 0.15) is 62.7 Å². The van der Waals surface area contributed by atoms with E-state index in [-0.39, 0.29) is 23.6 Å². The molecule has 0 fully saturated rings. The number of benzene rings is 1. The molecule has 114 valence electrons. The van der Waals surface area contributed by atoms with Crippen molar-refractivity contribution in [1.82, 2.24) is 0 Å². The van der Waals surface area contributed by atoms with E-state index in [1.165, 1.54) is 0 Å². The first kappa shape index (κ1) is 15.7. The molecule has 3 heteroatoms. The highest BCUT2D eigenvalue weighted by Crippen LogP contribution is 2.34. The molecule has 0 aromatic heterocycles. The maximum Gasteiger partial charge on any atom is 0.173 e. The van der Waals surface area contributed by atoms with Gasteiger partial charge < -0.3 is 4.74 Å². The Hall–Kier alpha value is -1.64. The predicted molar refractivity (Wildman–Crippen MR) is 82.7 cm³/mol. The average Bonchev–Trinajstić information content (AvgIpc) is 2.47. The molecule has 21 heavy (non-hydrogen) atoms. The molecule has 0 N–H and O–H groups in total. The van der Waals surface area contributed by atoms with Crippen LogP contribution in [0.2, 0.25) is 0 Å². The lowest BCUT2D eigenvalue weighted by atomic mass is 9.83. The van der Waals surface area contributed by atoms with Crippen LogP contribution < -0.4 is 4.74 Å². The van der Waals surface area contributed by atoms with E-state index in [0.717, 1.165) is 19.3 Å². The lowest BCUT2D eigenvalue weighted by molar-refractivity contribution is -0.119. The normalized spacial score (nSPS) is 20.8. The van der Waals surface area contributed by atoms with Gasteiger partial charge in [0.15, 0.2) is 5.78 Å². The van der Waals surface area contributed by atoms with Gasteiger partial charge in [0.25, 0.3) is 0 Å². The van der Waals surface area contributed by atoms with Crippen LogP contribution in [-0.2, 0) is 4.79 Å². The highest BCUT2D eigenvalue weighted by molar-refractivity contribution is 6.01. The number of hydrogen-bond donors (Lipinski definition) is 0. The van der Waals surface area contributed by atoms with Crippen molar-refractivity contribution < 1.29 is 14.3 Å². The second-order valence-electron chi connectivity index (χ2n) is 5.74. The summed E-state index contributed by atoms with van der Waals surface area (Å²) in [7, 11) is 0. The fourth-order valence-corrected chi connectivity index (χ4v) is 2.97. The molecule has 0 spiro atoms. The van der Waals surface area contributed by atoms with Crippen molar-refractivity contribution in [2.75, 3.05) is 0 Å². The topological polar surface area (TPSA) is 43.4 Å². The number of Topliss-reactive ketones (excluding diaryl/α,β-unsaturated/α-hetero) is 2. The predicted octanol–water partition coefficient (Wildman–Crippen LogP) is 4.20. The van der Waals surface area contributed by atoms with Crippen LogP contribution in [0.3, 0.4) is 0 Å². The Kier molecular flexibility index (Phi) is 5.54. The molecular formula is C18H24O3. The number of ketones is 2. The van der Waals surface area contributed by atoms with Gasteiger partial charge in [-0.3, -0.25) is 9.59 Å². The monoisotopic (exact) mass is 288 g/mol. The summed E-state index contributed by atoms with van der Waals surface area (Å²) >= 11 is 0. The fourth-order valence-electron chi connectivity index (χ4n) is 2.97. The Morgan fingerprint density at radius 3 is 2.57 bits per heavy atom. The van der Waals surface area contributed by atoms with Gasteiger partial charge in [-0.15, -0.1) is 0 Å². The fraction of sp³-hybridized carbons (Fsp3) is 0.556. The molecular weight excluding hydrogens is 264 g/mol. The van der Waals surface area contributed by atoms with Crippen LogP contribution in [0.5, 0.6) is 5.75 Å². The molecule has 0 radical (unpaired) electrons. The van der Waals surface area contributed by atoms with Crippen LogP contribution in [-0.4, -0.2) is 17.7 Å². The van der Waals surface area contributed by atoms with Crippen molar-refractivity contribution in [3.8, 4) is 5.75 Å². The number of carbonyl (C=O) groups excluding carboxylic acids is 2. The summed E-state index contributed by atoms with van der Waals surface area (Å²) in [5.74, 6) is 0.900. The minimum absolute atomic E-state index is 0.0909. The van der Waals surface area contributed by atoms with Gasteiger partial charge in [0.05, 0.1) is 11.5 Å². The summed E-state index contributed by atoms with van der Waals surface area (Å²) in [6.07, 6.45) is 4.30. The van der Waals surface area contributed by atoms with E-state index in [2.05, 4.69) is 6.92 Å². The molecule has 1 aromatic carbocycles. The van der Waals surface area contributed by atoms with E-state index in [1.807, 2.05) is 31.2 Å². The zero-order valence-corrected chi connectivity index (χ0v) is 12.9. The number of para-hydroxylation sites is 1. The van der Waals surface area contributed by atoms with Crippen molar-refractivity contribution >= 4 is 11.6 Å². The summed E-state index contributed by atoms with van der Waals surface area (Å²) in [6.45, 7) is 4.09. The summed E-state index contributed by atoms with van der Waals surface area (Å²) in [4.78, 5) is 24.4. The minimum Gasteiger partial charge on any atom is -0.489 e. The molecule has 1 aliphatic heterocycles. The van der Waals surface area contributed by atoms with Crippen LogP contribution in [0.4, 0.5) is 0 Å². The number of ether oxygens (including phenoxy) is 1. The standard InChI is InChI=1S/C18H24O3/c1-3-7-13(19)11-12-15-16(8-4-2)21-17-10-6-5-9-14(17)18(15)20/h5-6,9-10,15-16H,3-4,7-8,11-12H2,1-2H3. The van der Waals surface area contributed by atoms with Gasteiger partial charge in [-0.2, -0.15) is 0 Å². The zero-order chi connectivity index (χ0) is 15.2. The molecule has 0 saturated carbocycles. The van der Waals surface area contributed by atoms with Gasteiger partial charge >= 0.3 is 0 Å². The zero-order valence-electron chi connectivity index (χ0n) is 12.9. The summed E-state index contributed by atoms with van der Waals surface area (Å²) in [6, 6.07) is 7.43. The van der Waals surface area contributed by atoms with Crippen molar-refractivity contribution in [2.45, 2.75) is 58.5 Å². The first-order chi connectivity index (χ1) is 10.2. The van der Waals surface area contributed by atoms with Crippen molar-refractivity contribution in [3.05, 3.63) is 29.8 Å². The van der Waals surface area contributed by atoms with E-state index < -0.39 is 0 Å². The summed E-state index contributed by atoms with van der Waals surface area (Å²) < 4.78 is 6.02. The molecule has 2 rings (SSSR count). The maximum atomic E-state index is 12.7. The molecule has 3 nitrogen and oxygen atoms in total. The second kappa shape index (κ2) is 7.39. The molecule has 1 heterocycles. The Morgan fingerprint density at radius 2 is 1.86 bits per heavy atom. The SMILES string of the molecule is CCCC(=O)CCC1C(=O)c2ccccc2OC1CCC. The Labute approximate surface area is 126 Å². The molecule has 1 aliphatic rings. The summed E-state index contributed by atoms with van der Waals surface area (Å²) in [5, 5.41) is 0. The Morgan fingerprint density at radius 1 is 1.10 bits per heavy atom. The molecule has 0 aliphatic carbocycles. The van der Waals surface area contributed by atoms with Crippen molar-refractivity contribution in [1.29, 1.82) is 0 Å². The molecule has 2 unspecified atom stereocenters. The molecule has 2 atom stereocenters. The molecule has 1 aromatic rings. The van der Waals surface area contributed by atoms with Crippen molar-refractivity contribution in [3.63, 3.8) is 0 Å². The lowest BCUT2D eigenvalue weighted by Gasteiger charge is -2.32. The van der Waals surface area contributed by atoms with Crippen LogP contribution in [0, 0.1) is 5.92 Å². The third kappa shape index (κ3) is 3.72. The average molecular weight is 288 g/mol. The quantitative estimate of drug-likeness (QED) is 0.755. The number of fused-ring (bicyclic) bond motifs is 1. The minimum atomic E-state index is -0.180. The smallest absolute Gasteiger partial charge is 0.173 e. The number of carbonyl (C=O) groups is 2. The van der Waals surface area contributed by atoms with Gasteiger partial charge in [-0.1, -0.05) is 32.4 Å². The molecule has 0 amide bonds. The lowest BCUT2D eigenvalue weighted by Crippen LogP contribution is -2.38. The van der Waals surface area contributed by atoms with E-state index >= 15 is 0 Å². The van der Waals surface area contributed by atoms with E-state index in [1.54, 1.807) is 0 Å². The van der Waals surface area contributed by atoms with Crippen LogP contribution in [0.25, 0.3) is 0 Å². The van der Waals surface area contributed by atoms with Gasteiger partial charge in [-0.05, 0) is 31.4 Å². The van der Waals surface area contributed by atoms with Crippen molar-refractivity contribution in [2.24, 2.45) is 5.92 Å². The van der Waals surface area contributed by atoms with Gasteiger partial charge in [0.1, 0.15) is 17.6 Å². The van der Waals surface area contributed by atoms with Crippen LogP contribution >= 0.6 is 0 Å². The van der Waals surface area contributed by atoms with Gasteiger partial charge in [-0.25, -0.2) is 0 Å².